The smallest absolute Gasteiger partial charge is 0.0446 e. The monoisotopic (exact) mass is 262 g/mol. The second-order valence-corrected chi connectivity index (χ2v) is 5.78. The Hall–Kier alpha value is -1.13. The highest BCUT2D eigenvalue weighted by Crippen LogP contribution is 2.22. The summed E-state index contributed by atoms with van der Waals surface area (Å²) in [5.41, 5.74) is 3.76. The first-order valence-corrected chi connectivity index (χ1v) is 7.18. The molecule has 0 saturated carbocycles. The molecule has 0 atom stereocenters. The highest BCUT2D eigenvalue weighted by atomic mass is 15.2. The number of piperazine rings is 1. The van der Waals surface area contributed by atoms with E-state index < -0.39 is 0 Å². The molecule has 1 aliphatic heterocycles. The minimum atomic E-state index is 0.502. The van der Waals surface area contributed by atoms with E-state index in [1.165, 1.54) is 11.3 Å². The van der Waals surface area contributed by atoms with Gasteiger partial charge in [-0.2, -0.15) is 0 Å². The van der Waals surface area contributed by atoms with Crippen LogP contribution in [0.3, 0.4) is 0 Å². The van der Waals surface area contributed by atoms with Crippen molar-refractivity contribution >= 4 is 5.69 Å². The molecule has 4 heteroatoms. The molecule has 0 aliphatic carbocycles. The fraction of sp³-hybridized carbons (Fsp3) is 0.667. The van der Waals surface area contributed by atoms with E-state index in [9.17, 15) is 0 Å². The average Bonchev–Trinajstić information content (AvgIpc) is 2.38. The van der Waals surface area contributed by atoms with Gasteiger partial charge in [-0.05, 0) is 20.0 Å². The molecule has 0 amide bonds. The maximum atomic E-state index is 4.45. The van der Waals surface area contributed by atoms with E-state index in [2.05, 4.69) is 54.0 Å². The van der Waals surface area contributed by atoms with Gasteiger partial charge in [-0.25, -0.2) is 0 Å². The predicted octanol–water partition coefficient (Wildman–Crippen LogP) is 1.64. The maximum Gasteiger partial charge on any atom is 0.0446 e. The Labute approximate surface area is 116 Å². The maximum absolute atomic E-state index is 4.45. The topological polar surface area (TPSA) is 31.4 Å². The van der Waals surface area contributed by atoms with Crippen LogP contribution in [0.1, 0.15) is 25.1 Å². The number of pyridine rings is 1. The lowest BCUT2D eigenvalue weighted by Crippen LogP contribution is -2.45. The lowest BCUT2D eigenvalue weighted by molar-refractivity contribution is 0.312. The number of aryl methyl sites for hydroxylation is 1. The van der Waals surface area contributed by atoms with Crippen molar-refractivity contribution in [1.82, 2.24) is 15.2 Å². The number of anilines is 1. The lowest BCUT2D eigenvalue weighted by Gasteiger charge is -2.35. The normalized spacial score (nSPS) is 17.2. The van der Waals surface area contributed by atoms with Crippen molar-refractivity contribution in [2.24, 2.45) is 0 Å². The molecule has 0 radical (unpaired) electrons. The zero-order valence-electron chi connectivity index (χ0n) is 12.6. The minimum absolute atomic E-state index is 0.502. The molecule has 1 saturated heterocycles. The van der Waals surface area contributed by atoms with Crippen molar-refractivity contribution in [3.63, 3.8) is 0 Å². The van der Waals surface area contributed by atoms with Gasteiger partial charge in [0.2, 0.25) is 0 Å². The largest absolute Gasteiger partial charge is 0.369 e. The van der Waals surface area contributed by atoms with Gasteiger partial charge in [0.25, 0.3) is 0 Å². The van der Waals surface area contributed by atoms with E-state index in [1.807, 2.05) is 6.20 Å². The van der Waals surface area contributed by atoms with Crippen LogP contribution >= 0.6 is 0 Å². The van der Waals surface area contributed by atoms with Crippen LogP contribution in [0.4, 0.5) is 5.69 Å². The number of rotatable bonds is 4. The quantitative estimate of drug-likeness (QED) is 0.894. The van der Waals surface area contributed by atoms with Crippen LogP contribution < -0.4 is 10.2 Å². The summed E-state index contributed by atoms with van der Waals surface area (Å²) in [7, 11) is 2.19. The summed E-state index contributed by atoms with van der Waals surface area (Å²) >= 11 is 0. The molecule has 2 heterocycles. The van der Waals surface area contributed by atoms with Crippen LogP contribution in [0.15, 0.2) is 12.3 Å². The average molecular weight is 262 g/mol. The molecule has 0 unspecified atom stereocenters. The van der Waals surface area contributed by atoms with Crippen molar-refractivity contribution in [3.05, 3.63) is 23.5 Å². The van der Waals surface area contributed by atoms with Crippen LogP contribution in [0.5, 0.6) is 0 Å². The van der Waals surface area contributed by atoms with E-state index in [1.54, 1.807) is 0 Å². The van der Waals surface area contributed by atoms with Crippen molar-refractivity contribution in [3.8, 4) is 0 Å². The summed E-state index contributed by atoms with van der Waals surface area (Å²) in [5.74, 6) is 0. The molecule has 2 rings (SSSR count). The summed E-state index contributed by atoms with van der Waals surface area (Å²) in [6.07, 6.45) is 2.03. The SMILES string of the molecule is Cc1cc(N2CCN(C)CC2)c(CNC(C)C)cn1. The van der Waals surface area contributed by atoms with E-state index >= 15 is 0 Å². The molecular formula is C15H26N4. The number of aromatic nitrogens is 1. The number of hydrogen-bond acceptors (Lipinski definition) is 4. The zero-order chi connectivity index (χ0) is 13.8. The second-order valence-electron chi connectivity index (χ2n) is 5.78. The number of nitrogens with one attached hydrogen (secondary N) is 1. The van der Waals surface area contributed by atoms with E-state index in [-0.39, 0.29) is 0 Å². The van der Waals surface area contributed by atoms with Gasteiger partial charge in [-0.3, -0.25) is 4.98 Å². The molecule has 106 valence electrons. The minimum Gasteiger partial charge on any atom is -0.369 e. The molecule has 1 aromatic rings. The Bertz CT molecular complexity index is 409. The van der Waals surface area contributed by atoms with Gasteiger partial charge < -0.3 is 15.1 Å². The third kappa shape index (κ3) is 3.91. The van der Waals surface area contributed by atoms with Crippen molar-refractivity contribution in [1.29, 1.82) is 0 Å². The highest BCUT2D eigenvalue weighted by Gasteiger charge is 2.17. The first-order valence-electron chi connectivity index (χ1n) is 7.18. The van der Waals surface area contributed by atoms with Crippen LogP contribution in [-0.4, -0.2) is 49.2 Å². The third-order valence-electron chi connectivity index (χ3n) is 3.64. The van der Waals surface area contributed by atoms with Gasteiger partial charge in [-0.1, -0.05) is 13.8 Å². The van der Waals surface area contributed by atoms with E-state index in [0.717, 1.165) is 38.4 Å². The van der Waals surface area contributed by atoms with Crippen LogP contribution in [-0.2, 0) is 6.54 Å². The van der Waals surface area contributed by atoms with Crippen LogP contribution in [0, 0.1) is 6.92 Å². The van der Waals surface area contributed by atoms with Gasteiger partial charge in [0, 0.05) is 61.9 Å². The van der Waals surface area contributed by atoms with Crippen LogP contribution in [0.25, 0.3) is 0 Å². The van der Waals surface area contributed by atoms with Crippen molar-refractivity contribution in [2.75, 3.05) is 38.1 Å². The third-order valence-corrected chi connectivity index (χ3v) is 3.64. The molecule has 0 bridgehead atoms. The molecule has 0 aromatic carbocycles. The molecular weight excluding hydrogens is 236 g/mol. The molecule has 19 heavy (non-hydrogen) atoms. The second kappa shape index (κ2) is 6.35. The van der Waals surface area contributed by atoms with Crippen molar-refractivity contribution in [2.45, 2.75) is 33.4 Å². The Morgan fingerprint density at radius 3 is 2.58 bits per heavy atom. The molecule has 1 aliphatic rings. The Morgan fingerprint density at radius 2 is 1.95 bits per heavy atom. The van der Waals surface area contributed by atoms with Crippen LogP contribution in [0.2, 0.25) is 0 Å². The summed E-state index contributed by atoms with van der Waals surface area (Å²) in [5, 5.41) is 3.49. The summed E-state index contributed by atoms with van der Waals surface area (Å²) in [6.45, 7) is 11.8. The number of likely N-dealkylation sites (N-methyl/N-ethyl adjacent to an activating group) is 1. The Balaban J connectivity index is 2.14. The first-order chi connectivity index (χ1) is 9.06. The lowest BCUT2D eigenvalue weighted by atomic mass is 10.1. The predicted molar refractivity (Wildman–Crippen MR) is 80.7 cm³/mol. The Morgan fingerprint density at radius 1 is 1.26 bits per heavy atom. The van der Waals surface area contributed by atoms with Gasteiger partial charge in [0.15, 0.2) is 0 Å². The van der Waals surface area contributed by atoms with Crippen molar-refractivity contribution < 1.29 is 0 Å². The molecule has 1 N–H and O–H groups in total. The van der Waals surface area contributed by atoms with Gasteiger partial charge in [0.1, 0.15) is 0 Å². The van der Waals surface area contributed by atoms with Gasteiger partial charge in [0.05, 0.1) is 0 Å². The fourth-order valence-electron chi connectivity index (χ4n) is 2.37. The highest BCUT2D eigenvalue weighted by molar-refractivity contribution is 5.54. The molecule has 1 fully saturated rings. The van der Waals surface area contributed by atoms with E-state index in [0.29, 0.717) is 6.04 Å². The Kier molecular flexibility index (Phi) is 4.77. The van der Waals surface area contributed by atoms with Gasteiger partial charge >= 0.3 is 0 Å². The fourth-order valence-corrected chi connectivity index (χ4v) is 2.37. The number of hydrogen-bond donors (Lipinski definition) is 1. The molecule has 0 spiro atoms. The van der Waals surface area contributed by atoms with Gasteiger partial charge in [-0.15, -0.1) is 0 Å². The summed E-state index contributed by atoms with van der Waals surface area (Å²) in [6, 6.07) is 2.73. The summed E-state index contributed by atoms with van der Waals surface area (Å²) in [4.78, 5) is 9.33. The zero-order valence-corrected chi connectivity index (χ0v) is 12.6. The first kappa shape index (κ1) is 14.3. The molecule has 1 aromatic heterocycles. The standard InChI is InChI=1S/C15H26N4/c1-12(2)16-10-14-11-17-13(3)9-15(14)19-7-5-18(4)6-8-19/h9,11-12,16H,5-8,10H2,1-4H3. The number of nitrogens with zero attached hydrogens (tertiary/aromatic N) is 3. The summed E-state index contributed by atoms with van der Waals surface area (Å²) < 4.78 is 0. The van der Waals surface area contributed by atoms with E-state index in [4.69, 9.17) is 0 Å². The molecule has 4 nitrogen and oxygen atoms in total.